The first-order chi connectivity index (χ1) is 6.31. The van der Waals surface area contributed by atoms with E-state index in [0.717, 1.165) is 0 Å². The lowest BCUT2D eigenvalue weighted by atomic mass is 10.0. The Balaban J connectivity index is 5.44. The zero-order valence-corrected chi connectivity index (χ0v) is 11.1. The molecule has 0 aromatic rings. The van der Waals surface area contributed by atoms with Crippen LogP contribution in [0.5, 0.6) is 0 Å². The zero-order chi connectivity index (χ0) is 12.7. The molecule has 0 aromatic carbocycles. The molecule has 0 saturated carbocycles. The lowest BCUT2D eigenvalue weighted by molar-refractivity contribution is -0.237. The van der Waals surface area contributed by atoms with Crippen molar-refractivity contribution in [1.82, 2.24) is 9.67 Å². The average molecular weight is 239 g/mol. The van der Waals surface area contributed by atoms with Crippen molar-refractivity contribution >= 4 is 7.59 Å². The monoisotopic (exact) mass is 239 g/mol. The fraction of sp³-hybridized carbons (Fsp3) is 1.00. The first kappa shape index (κ1) is 15.0. The van der Waals surface area contributed by atoms with Gasteiger partial charge in [-0.05, 0) is 41.5 Å². The number of nitrogens with zero attached hydrogens (tertiary/aromatic N) is 2. The summed E-state index contributed by atoms with van der Waals surface area (Å²) in [6.07, 6.45) is 0. The zero-order valence-electron chi connectivity index (χ0n) is 10.2. The summed E-state index contributed by atoms with van der Waals surface area (Å²) in [6, 6.07) is 0. The Labute approximate surface area is 91.1 Å². The molecule has 4 N–H and O–H groups in total. The largest absolute Gasteiger partial charge is 0.329 e. The molecule has 0 aliphatic carbocycles. The number of nitrogens with two attached hydrogens (primary N) is 1. The van der Waals surface area contributed by atoms with Crippen molar-refractivity contribution < 1.29 is 15.0 Å². The second-order valence-electron chi connectivity index (χ2n) is 5.51. The van der Waals surface area contributed by atoms with Gasteiger partial charge >= 0.3 is 7.59 Å². The third kappa shape index (κ3) is 3.52. The Morgan fingerprint density at radius 3 is 1.33 bits per heavy atom. The van der Waals surface area contributed by atoms with Crippen LogP contribution in [0.2, 0.25) is 0 Å². The van der Waals surface area contributed by atoms with Crippen LogP contribution in [-0.4, -0.2) is 31.2 Å². The fourth-order valence-electron chi connectivity index (χ4n) is 1.95. The van der Waals surface area contributed by atoms with Crippen LogP contribution >= 0.6 is 7.59 Å². The highest BCUT2D eigenvalue weighted by Crippen LogP contribution is 2.51. The van der Waals surface area contributed by atoms with E-state index in [9.17, 15) is 4.57 Å². The van der Waals surface area contributed by atoms with Crippen LogP contribution in [0.15, 0.2) is 0 Å². The number of rotatable bonds is 2. The maximum atomic E-state index is 12.0. The smallest absolute Gasteiger partial charge is 0.282 e. The first-order valence-corrected chi connectivity index (χ1v) is 6.37. The quantitative estimate of drug-likeness (QED) is 0.504. The summed E-state index contributed by atoms with van der Waals surface area (Å²) in [6.45, 7) is 10.8. The van der Waals surface area contributed by atoms with E-state index in [1.807, 2.05) is 0 Å². The minimum Gasteiger partial charge on any atom is -0.282 e. The maximum absolute atomic E-state index is 12.0. The van der Waals surface area contributed by atoms with Crippen LogP contribution in [0.25, 0.3) is 0 Å². The van der Waals surface area contributed by atoms with Gasteiger partial charge in [0.1, 0.15) is 0 Å². The van der Waals surface area contributed by atoms with Crippen LogP contribution in [0.3, 0.4) is 0 Å². The summed E-state index contributed by atoms with van der Waals surface area (Å²) in [5.41, 5.74) is 4.38. The molecule has 0 saturated heterocycles. The van der Waals surface area contributed by atoms with Gasteiger partial charge in [-0.1, -0.05) is 0 Å². The molecule has 0 rings (SSSR count). The Kier molecular flexibility index (Phi) is 4.13. The van der Waals surface area contributed by atoms with Gasteiger partial charge in [0.05, 0.1) is 0 Å². The second-order valence-corrected chi connectivity index (χ2v) is 7.45. The summed E-state index contributed by atoms with van der Waals surface area (Å²) >= 11 is 0. The molecule has 1 unspecified atom stereocenters. The van der Waals surface area contributed by atoms with Gasteiger partial charge in [-0.3, -0.25) is 20.5 Å². The van der Waals surface area contributed by atoms with Gasteiger partial charge < -0.3 is 0 Å². The molecule has 0 aliphatic heterocycles. The van der Waals surface area contributed by atoms with Crippen LogP contribution in [-0.2, 0) is 4.57 Å². The second kappa shape index (κ2) is 4.13. The van der Waals surface area contributed by atoms with E-state index in [2.05, 4.69) is 0 Å². The van der Waals surface area contributed by atoms with Gasteiger partial charge in [0, 0.05) is 16.1 Å². The highest BCUT2D eigenvalue weighted by molar-refractivity contribution is 7.56. The molecule has 0 amide bonds. The summed E-state index contributed by atoms with van der Waals surface area (Å²) < 4.78 is 13.4. The lowest BCUT2D eigenvalue weighted by Crippen LogP contribution is -2.53. The molecular weight excluding hydrogens is 217 g/mol. The lowest BCUT2D eigenvalue weighted by Gasteiger charge is -2.47. The molecule has 0 aliphatic rings. The van der Waals surface area contributed by atoms with Crippen molar-refractivity contribution in [2.24, 2.45) is 5.50 Å². The Hall–Kier alpha value is 0.0300. The average Bonchev–Trinajstić information content (AvgIpc) is 1.76. The standard InChI is InChI=1S/C8H22N3O3P/c1-7(2,3)10(8(4,5)6)15(9,14)11(12)13/h12-13H,1-6H3,(H2,9,14). The fourth-order valence-corrected chi connectivity index (χ4v) is 3.83. The highest BCUT2D eigenvalue weighted by Gasteiger charge is 2.46. The van der Waals surface area contributed by atoms with Crippen LogP contribution in [0.4, 0.5) is 0 Å². The molecule has 0 radical (unpaired) electrons. The predicted octanol–water partition coefficient (Wildman–Crippen LogP) is 2.03. The normalized spacial score (nSPS) is 18.3. The molecule has 0 heterocycles. The van der Waals surface area contributed by atoms with E-state index < -0.39 is 18.7 Å². The van der Waals surface area contributed by atoms with Crippen LogP contribution in [0, 0.1) is 0 Å². The minimum absolute atomic E-state index is 0.385. The van der Waals surface area contributed by atoms with E-state index in [4.69, 9.17) is 15.9 Å². The molecule has 0 bridgehead atoms. The van der Waals surface area contributed by atoms with E-state index in [1.54, 1.807) is 41.5 Å². The number of hydrogen-bond donors (Lipinski definition) is 3. The van der Waals surface area contributed by atoms with Crippen molar-refractivity contribution in [3.8, 4) is 0 Å². The molecule has 1 atom stereocenters. The Morgan fingerprint density at radius 1 is 1.00 bits per heavy atom. The Bertz CT molecular complexity index is 253. The van der Waals surface area contributed by atoms with Gasteiger partial charge in [0.25, 0.3) is 0 Å². The molecule has 0 fully saturated rings. The molecular formula is C8H22N3O3P. The summed E-state index contributed by atoms with van der Waals surface area (Å²) in [7, 11) is -3.84. The van der Waals surface area contributed by atoms with E-state index in [1.165, 1.54) is 4.67 Å². The molecule has 15 heavy (non-hydrogen) atoms. The van der Waals surface area contributed by atoms with E-state index in [0.29, 0.717) is 0 Å². The van der Waals surface area contributed by atoms with Crippen molar-refractivity contribution in [1.29, 1.82) is 0 Å². The molecule has 0 aromatic heterocycles. The number of hydrogen-bond acceptors (Lipinski definition) is 3. The van der Waals surface area contributed by atoms with Gasteiger partial charge in [0.15, 0.2) is 0 Å². The molecule has 0 spiro atoms. The van der Waals surface area contributed by atoms with Crippen molar-refractivity contribution in [2.75, 3.05) is 0 Å². The Morgan fingerprint density at radius 2 is 1.27 bits per heavy atom. The van der Waals surface area contributed by atoms with Crippen molar-refractivity contribution in [2.45, 2.75) is 52.6 Å². The topological polar surface area (TPSA) is 90.0 Å². The van der Waals surface area contributed by atoms with Gasteiger partial charge in [0.2, 0.25) is 0 Å². The third-order valence-electron chi connectivity index (χ3n) is 1.81. The van der Waals surface area contributed by atoms with Gasteiger partial charge in [-0.15, -0.1) is 0 Å². The van der Waals surface area contributed by atoms with E-state index >= 15 is 0 Å². The maximum Gasteiger partial charge on any atom is 0.329 e. The van der Waals surface area contributed by atoms with Crippen molar-refractivity contribution in [3.05, 3.63) is 0 Å². The third-order valence-corrected chi connectivity index (χ3v) is 4.10. The molecule has 92 valence electrons. The highest BCUT2D eigenvalue weighted by atomic mass is 31.2. The summed E-state index contributed by atoms with van der Waals surface area (Å²) in [4.78, 5) is -0.385. The predicted molar refractivity (Wildman–Crippen MR) is 58.6 cm³/mol. The van der Waals surface area contributed by atoms with Crippen molar-refractivity contribution in [3.63, 3.8) is 0 Å². The first-order valence-electron chi connectivity index (χ1n) is 4.69. The van der Waals surface area contributed by atoms with Gasteiger partial charge in [-0.2, -0.15) is 0 Å². The minimum atomic E-state index is -3.84. The van der Waals surface area contributed by atoms with Gasteiger partial charge in [-0.25, -0.2) is 4.67 Å². The van der Waals surface area contributed by atoms with E-state index in [-0.39, 0.29) is 5.00 Å². The van der Waals surface area contributed by atoms with Crippen LogP contribution in [0.1, 0.15) is 41.5 Å². The molecule has 7 heteroatoms. The SMILES string of the molecule is CC(C)(C)N(C(C)(C)C)P(N)(=O)N(O)O. The van der Waals surface area contributed by atoms with Crippen LogP contribution < -0.4 is 5.50 Å². The molecule has 6 nitrogen and oxygen atoms in total. The summed E-state index contributed by atoms with van der Waals surface area (Å²) in [5, 5.41) is 17.9. The summed E-state index contributed by atoms with van der Waals surface area (Å²) in [5.74, 6) is 0.